The Bertz CT molecular complexity index is 1040. The molecule has 0 atom stereocenters. The highest BCUT2D eigenvalue weighted by molar-refractivity contribution is 5.89. The minimum Gasteiger partial charge on any atom is -0.305 e. The first-order chi connectivity index (χ1) is 12.1. The predicted molar refractivity (Wildman–Crippen MR) is 96.7 cm³/mol. The predicted octanol–water partition coefficient (Wildman–Crippen LogP) is 3.06. The van der Waals surface area contributed by atoms with Crippen LogP contribution < -0.4 is 5.69 Å². The van der Waals surface area contributed by atoms with Crippen molar-refractivity contribution in [1.82, 2.24) is 18.5 Å². The number of hydrogen-bond donors (Lipinski definition) is 0. The second-order valence-electron chi connectivity index (χ2n) is 8.80. The maximum absolute atomic E-state index is 12.3. The molecule has 4 fully saturated rings. The van der Waals surface area contributed by atoms with E-state index in [1.165, 1.54) is 37.8 Å². The molecule has 3 aromatic rings. The molecule has 0 unspecified atom stereocenters. The molecule has 0 aromatic carbocycles. The summed E-state index contributed by atoms with van der Waals surface area (Å²) in [6, 6.07) is 2.03. The second kappa shape index (κ2) is 4.57. The molecule has 4 aliphatic rings. The lowest BCUT2D eigenvalue weighted by molar-refractivity contribution is -0.00399. The van der Waals surface area contributed by atoms with E-state index >= 15 is 0 Å². The Labute approximate surface area is 146 Å². The number of nitrogens with zero attached hydrogens (tertiary/aromatic N) is 4. The van der Waals surface area contributed by atoms with Gasteiger partial charge in [0.1, 0.15) is 5.52 Å². The molecule has 0 amide bonds. The van der Waals surface area contributed by atoms with Crippen LogP contribution in [0.3, 0.4) is 0 Å². The lowest BCUT2D eigenvalue weighted by atomic mass is 9.51. The SMILES string of the molecule is Cn1c(=O)n(C)c2c1ccn1cc(C3C4CC5CC(C4)CC3C5)nc21. The summed E-state index contributed by atoms with van der Waals surface area (Å²) in [5.74, 6) is 4.26. The lowest BCUT2D eigenvalue weighted by Gasteiger charge is -2.54. The Balaban J connectivity index is 1.54. The molecule has 0 N–H and O–H groups in total. The molecular formula is C20H24N4O. The molecular weight excluding hydrogens is 312 g/mol. The summed E-state index contributed by atoms with van der Waals surface area (Å²) in [4.78, 5) is 17.4. The van der Waals surface area contributed by atoms with Gasteiger partial charge >= 0.3 is 5.69 Å². The van der Waals surface area contributed by atoms with E-state index in [2.05, 4.69) is 16.8 Å². The summed E-state index contributed by atoms with van der Waals surface area (Å²) >= 11 is 0. The first kappa shape index (κ1) is 14.2. The number of aromatic nitrogens is 4. The topological polar surface area (TPSA) is 44.2 Å². The van der Waals surface area contributed by atoms with Crippen LogP contribution in [0.25, 0.3) is 16.7 Å². The van der Waals surface area contributed by atoms with E-state index in [-0.39, 0.29) is 5.69 Å². The maximum Gasteiger partial charge on any atom is 0.328 e. The van der Waals surface area contributed by atoms with Gasteiger partial charge in [0, 0.05) is 32.4 Å². The molecule has 5 heteroatoms. The van der Waals surface area contributed by atoms with Gasteiger partial charge in [0.15, 0.2) is 5.65 Å². The fourth-order valence-corrected chi connectivity index (χ4v) is 6.63. The van der Waals surface area contributed by atoms with Crippen LogP contribution in [0, 0.1) is 23.7 Å². The van der Waals surface area contributed by atoms with Gasteiger partial charge in [0.2, 0.25) is 0 Å². The highest BCUT2D eigenvalue weighted by Crippen LogP contribution is 2.59. The van der Waals surface area contributed by atoms with E-state index in [1.807, 2.05) is 20.2 Å². The van der Waals surface area contributed by atoms with Crippen molar-refractivity contribution in [3.05, 3.63) is 34.6 Å². The Kier molecular flexibility index (Phi) is 2.59. The third-order valence-corrected chi connectivity index (χ3v) is 7.44. The van der Waals surface area contributed by atoms with Crippen LogP contribution >= 0.6 is 0 Å². The number of pyridine rings is 1. The van der Waals surface area contributed by atoms with Crippen molar-refractivity contribution in [1.29, 1.82) is 0 Å². The second-order valence-corrected chi connectivity index (χ2v) is 8.80. The molecule has 4 aliphatic carbocycles. The van der Waals surface area contributed by atoms with Gasteiger partial charge in [-0.25, -0.2) is 9.78 Å². The van der Waals surface area contributed by atoms with Gasteiger partial charge in [-0.3, -0.25) is 9.13 Å². The number of hydrogen-bond acceptors (Lipinski definition) is 2. The van der Waals surface area contributed by atoms with Crippen molar-refractivity contribution in [2.45, 2.75) is 38.0 Å². The first-order valence-electron chi connectivity index (χ1n) is 9.63. The van der Waals surface area contributed by atoms with Gasteiger partial charge in [0.25, 0.3) is 0 Å². The third kappa shape index (κ3) is 1.74. The van der Waals surface area contributed by atoms with Crippen molar-refractivity contribution in [3.63, 3.8) is 0 Å². The van der Waals surface area contributed by atoms with Crippen LogP contribution in [0.4, 0.5) is 0 Å². The number of imidazole rings is 2. The van der Waals surface area contributed by atoms with Crippen molar-refractivity contribution in [2.24, 2.45) is 37.8 Å². The normalized spacial score (nSPS) is 33.8. The van der Waals surface area contributed by atoms with Crippen molar-refractivity contribution < 1.29 is 0 Å². The fraction of sp³-hybridized carbons (Fsp3) is 0.600. The van der Waals surface area contributed by atoms with E-state index < -0.39 is 0 Å². The molecule has 4 bridgehead atoms. The standard InChI is InChI=1S/C20H24N4O/c1-22-16-3-4-24-10-15(21-19(24)18(16)23(2)20(22)25)17-13-6-11-5-12(8-13)9-14(17)7-11/h3-4,10-14,17H,5-9H2,1-2H3. The molecule has 0 spiro atoms. The molecule has 4 saturated carbocycles. The molecule has 25 heavy (non-hydrogen) atoms. The zero-order valence-corrected chi connectivity index (χ0v) is 14.9. The first-order valence-corrected chi connectivity index (χ1v) is 9.63. The number of rotatable bonds is 1. The summed E-state index contributed by atoms with van der Waals surface area (Å²) in [6.07, 6.45) is 11.4. The molecule has 130 valence electrons. The van der Waals surface area contributed by atoms with E-state index in [4.69, 9.17) is 4.98 Å². The number of fused-ring (bicyclic) bond motifs is 3. The quantitative estimate of drug-likeness (QED) is 0.685. The third-order valence-electron chi connectivity index (χ3n) is 7.44. The summed E-state index contributed by atoms with van der Waals surface area (Å²) in [7, 11) is 3.69. The zero-order valence-electron chi connectivity index (χ0n) is 14.9. The van der Waals surface area contributed by atoms with Crippen molar-refractivity contribution >= 4 is 16.7 Å². The van der Waals surface area contributed by atoms with Crippen LogP contribution in [0.1, 0.15) is 43.7 Å². The summed E-state index contributed by atoms with van der Waals surface area (Å²) in [6.45, 7) is 0. The maximum atomic E-state index is 12.3. The minimum absolute atomic E-state index is 0.0160. The number of aryl methyl sites for hydroxylation is 2. The summed E-state index contributed by atoms with van der Waals surface area (Å²) < 4.78 is 5.58. The van der Waals surface area contributed by atoms with E-state index in [0.29, 0.717) is 5.92 Å². The largest absolute Gasteiger partial charge is 0.328 e. The highest BCUT2D eigenvalue weighted by Gasteiger charge is 2.49. The molecule has 5 nitrogen and oxygen atoms in total. The van der Waals surface area contributed by atoms with Crippen molar-refractivity contribution in [3.8, 4) is 0 Å². The van der Waals surface area contributed by atoms with Gasteiger partial charge in [0.05, 0.1) is 11.2 Å². The van der Waals surface area contributed by atoms with Crippen molar-refractivity contribution in [2.75, 3.05) is 0 Å². The van der Waals surface area contributed by atoms with Crippen LogP contribution in [0.2, 0.25) is 0 Å². The molecule has 3 heterocycles. The zero-order chi connectivity index (χ0) is 16.9. The van der Waals surface area contributed by atoms with Crippen LogP contribution in [0.5, 0.6) is 0 Å². The Morgan fingerprint density at radius 2 is 1.68 bits per heavy atom. The van der Waals surface area contributed by atoms with E-state index in [0.717, 1.165) is 40.4 Å². The molecule has 7 rings (SSSR count). The monoisotopic (exact) mass is 336 g/mol. The van der Waals surface area contributed by atoms with E-state index in [1.54, 1.807) is 9.13 Å². The lowest BCUT2D eigenvalue weighted by Crippen LogP contribution is -2.43. The molecule has 0 radical (unpaired) electrons. The summed E-state index contributed by atoms with van der Waals surface area (Å²) in [5, 5.41) is 0. The minimum atomic E-state index is 0.0160. The highest BCUT2D eigenvalue weighted by atomic mass is 16.1. The Hall–Kier alpha value is -2.04. The van der Waals surface area contributed by atoms with Gasteiger partial charge in [-0.1, -0.05) is 0 Å². The Morgan fingerprint density at radius 1 is 1.00 bits per heavy atom. The van der Waals surface area contributed by atoms with Gasteiger partial charge < -0.3 is 4.40 Å². The average Bonchev–Trinajstić information content (AvgIpc) is 3.09. The smallest absolute Gasteiger partial charge is 0.305 e. The van der Waals surface area contributed by atoms with Crippen LogP contribution in [-0.2, 0) is 14.1 Å². The summed E-state index contributed by atoms with van der Waals surface area (Å²) in [5.41, 5.74) is 4.12. The van der Waals surface area contributed by atoms with Gasteiger partial charge in [-0.2, -0.15) is 0 Å². The van der Waals surface area contributed by atoms with Gasteiger partial charge in [-0.05, 0) is 61.8 Å². The van der Waals surface area contributed by atoms with Crippen LogP contribution in [0.15, 0.2) is 23.3 Å². The average molecular weight is 336 g/mol. The molecule has 0 saturated heterocycles. The Morgan fingerprint density at radius 3 is 2.36 bits per heavy atom. The molecule has 3 aromatic heterocycles. The molecule has 0 aliphatic heterocycles. The fourth-order valence-electron chi connectivity index (χ4n) is 6.63. The van der Waals surface area contributed by atoms with E-state index in [9.17, 15) is 4.79 Å². The van der Waals surface area contributed by atoms with Gasteiger partial charge in [-0.15, -0.1) is 0 Å². The van der Waals surface area contributed by atoms with Crippen LogP contribution in [-0.4, -0.2) is 18.5 Å².